The number of ketones is 1. The first-order valence-corrected chi connectivity index (χ1v) is 11.9. The van der Waals surface area contributed by atoms with E-state index in [1.807, 2.05) is 4.90 Å². The Kier molecular flexibility index (Phi) is 7.63. The maximum absolute atomic E-state index is 13.1. The molecule has 1 aliphatic heterocycles. The molecule has 0 radical (unpaired) electrons. The average molecular weight is 463 g/mol. The number of Topliss-reactive ketones (excluding diaryl/α,β-unsaturated/α-hetero) is 1. The molecule has 1 aliphatic rings. The van der Waals surface area contributed by atoms with Crippen molar-refractivity contribution in [2.24, 2.45) is 5.92 Å². The Bertz CT molecular complexity index is 1050. The number of halogens is 1. The number of rotatable bonds is 8. The summed E-state index contributed by atoms with van der Waals surface area (Å²) in [6.45, 7) is 2.87. The van der Waals surface area contributed by atoms with Gasteiger partial charge in [-0.05, 0) is 74.5 Å². The van der Waals surface area contributed by atoms with Crippen molar-refractivity contribution in [3.8, 4) is 5.75 Å². The minimum Gasteiger partial charge on any atom is -0.497 e. The van der Waals surface area contributed by atoms with Crippen LogP contribution >= 0.6 is 0 Å². The van der Waals surface area contributed by atoms with E-state index in [9.17, 15) is 22.4 Å². The van der Waals surface area contributed by atoms with E-state index in [4.69, 9.17) is 4.74 Å². The molecule has 0 unspecified atom stereocenters. The van der Waals surface area contributed by atoms with Gasteiger partial charge in [-0.3, -0.25) is 9.59 Å². The second-order valence-corrected chi connectivity index (χ2v) is 9.62. The quantitative estimate of drug-likeness (QED) is 0.561. The Morgan fingerprint density at radius 2 is 1.66 bits per heavy atom. The first kappa shape index (κ1) is 23.9. The summed E-state index contributed by atoms with van der Waals surface area (Å²) in [6.07, 6.45) is 1.25. The molecule has 7 nitrogen and oxygen atoms in total. The van der Waals surface area contributed by atoms with Crippen LogP contribution in [-0.4, -0.2) is 62.6 Å². The molecule has 1 saturated heterocycles. The SMILES string of the molecule is COc1ccc(S(=O)(=O)N(CCN2CCC(C(=O)c3ccc(F)cc3)CC2)C(C)=O)cc1. The lowest BCUT2D eigenvalue weighted by Gasteiger charge is -2.32. The summed E-state index contributed by atoms with van der Waals surface area (Å²) in [5.41, 5.74) is 0.498. The van der Waals surface area contributed by atoms with E-state index in [0.717, 1.165) is 4.31 Å². The maximum Gasteiger partial charge on any atom is 0.266 e. The van der Waals surface area contributed by atoms with Gasteiger partial charge in [-0.2, -0.15) is 0 Å². The van der Waals surface area contributed by atoms with Gasteiger partial charge in [0.25, 0.3) is 10.0 Å². The Morgan fingerprint density at radius 1 is 1.06 bits per heavy atom. The van der Waals surface area contributed by atoms with Crippen molar-refractivity contribution in [3.05, 3.63) is 59.9 Å². The standard InChI is InChI=1S/C23H27FN2O5S/c1-17(27)26(32(29,30)22-9-7-21(31-2)8-10-22)16-15-25-13-11-19(12-14-25)23(28)18-3-5-20(24)6-4-18/h3-10,19H,11-16H2,1-2H3. The van der Waals surface area contributed by atoms with Crippen molar-refractivity contribution in [3.63, 3.8) is 0 Å². The van der Waals surface area contributed by atoms with E-state index >= 15 is 0 Å². The van der Waals surface area contributed by atoms with Gasteiger partial charge in [0.2, 0.25) is 5.91 Å². The molecule has 0 N–H and O–H groups in total. The number of ether oxygens (including phenoxy) is 1. The van der Waals surface area contributed by atoms with Gasteiger partial charge >= 0.3 is 0 Å². The predicted octanol–water partition coefficient (Wildman–Crippen LogP) is 2.97. The number of benzene rings is 2. The highest BCUT2D eigenvalue weighted by molar-refractivity contribution is 7.89. The molecule has 3 rings (SSSR count). The molecule has 2 aromatic rings. The second kappa shape index (κ2) is 10.2. The molecule has 32 heavy (non-hydrogen) atoms. The number of hydrogen-bond donors (Lipinski definition) is 0. The number of hydrogen-bond acceptors (Lipinski definition) is 6. The lowest BCUT2D eigenvalue weighted by Crippen LogP contribution is -2.44. The number of nitrogens with zero attached hydrogens (tertiary/aromatic N) is 2. The summed E-state index contributed by atoms with van der Waals surface area (Å²) in [5.74, 6) is -0.560. The Hall–Kier alpha value is -2.78. The van der Waals surface area contributed by atoms with Crippen molar-refractivity contribution in [1.29, 1.82) is 0 Å². The van der Waals surface area contributed by atoms with Crippen LogP contribution in [0.5, 0.6) is 5.75 Å². The zero-order valence-electron chi connectivity index (χ0n) is 18.2. The van der Waals surface area contributed by atoms with Gasteiger partial charge in [-0.15, -0.1) is 0 Å². The van der Waals surface area contributed by atoms with E-state index in [0.29, 0.717) is 43.8 Å². The molecule has 0 bridgehead atoms. The zero-order chi connectivity index (χ0) is 23.3. The Morgan fingerprint density at radius 3 is 2.19 bits per heavy atom. The zero-order valence-corrected chi connectivity index (χ0v) is 19.0. The number of amides is 1. The van der Waals surface area contributed by atoms with Crippen LogP contribution in [0.15, 0.2) is 53.4 Å². The van der Waals surface area contributed by atoms with E-state index in [2.05, 4.69) is 0 Å². The maximum atomic E-state index is 13.1. The smallest absolute Gasteiger partial charge is 0.266 e. The lowest BCUT2D eigenvalue weighted by molar-refractivity contribution is -0.124. The third-order valence-electron chi connectivity index (χ3n) is 5.71. The molecule has 172 valence electrons. The summed E-state index contributed by atoms with van der Waals surface area (Å²) in [5, 5.41) is 0. The van der Waals surface area contributed by atoms with Crippen molar-refractivity contribution in [2.75, 3.05) is 33.3 Å². The minimum atomic E-state index is -3.97. The largest absolute Gasteiger partial charge is 0.497 e. The molecular weight excluding hydrogens is 435 g/mol. The van der Waals surface area contributed by atoms with Crippen LogP contribution in [0.25, 0.3) is 0 Å². The van der Waals surface area contributed by atoms with Crippen LogP contribution in [0.3, 0.4) is 0 Å². The summed E-state index contributed by atoms with van der Waals surface area (Å²) in [4.78, 5) is 26.8. The van der Waals surface area contributed by atoms with Crippen LogP contribution in [0, 0.1) is 11.7 Å². The lowest BCUT2D eigenvalue weighted by atomic mass is 9.89. The Balaban J connectivity index is 1.58. The predicted molar refractivity (Wildman–Crippen MR) is 117 cm³/mol. The van der Waals surface area contributed by atoms with Crippen LogP contribution in [-0.2, 0) is 14.8 Å². The number of sulfonamides is 1. The molecule has 2 aromatic carbocycles. The number of piperidine rings is 1. The van der Waals surface area contributed by atoms with Crippen LogP contribution in [0.4, 0.5) is 4.39 Å². The summed E-state index contributed by atoms with van der Waals surface area (Å²) in [6, 6.07) is 11.5. The first-order chi connectivity index (χ1) is 15.2. The van der Waals surface area contributed by atoms with Gasteiger partial charge in [-0.1, -0.05) is 0 Å². The van der Waals surface area contributed by atoms with E-state index in [1.54, 1.807) is 0 Å². The summed E-state index contributed by atoms with van der Waals surface area (Å²) < 4.78 is 44.9. The summed E-state index contributed by atoms with van der Waals surface area (Å²) >= 11 is 0. The number of methoxy groups -OCH3 is 1. The fourth-order valence-corrected chi connectivity index (χ4v) is 5.22. The van der Waals surface area contributed by atoms with Crippen molar-refractivity contribution in [1.82, 2.24) is 9.21 Å². The van der Waals surface area contributed by atoms with Gasteiger partial charge in [-0.25, -0.2) is 17.1 Å². The van der Waals surface area contributed by atoms with Crippen molar-refractivity contribution in [2.45, 2.75) is 24.7 Å². The first-order valence-electron chi connectivity index (χ1n) is 10.4. The molecule has 0 aliphatic carbocycles. The highest BCUT2D eigenvalue weighted by Crippen LogP contribution is 2.23. The van der Waals surface area contributed by atoms with Gasteiger partial charge in [0.1, 0.15) is 11.6 Å². The fraction of sp³-hybridized carbons (Fsp3) is 0.391. The van der Waals surface area contributed by atoms with Crippen LogP contribution < -0.4 is 4.74 Å². The van der Waals surface area contributed by atoms with Crippen molar-refractivity contribution < 1.29 is 27.1 Å². The van der Waals surface area contributed by atoms with Gasteiger partial charge in [0, 0.05) is 31.5 Å². The third kappa shape index (κ3) is 5.52. The topological polar surface area (TPSA) is 84.0 Å². The molecular formula is C23H27FN2O5S. The molecule has 0 spiro atoms. The summed E-state index contributed by atoms with van der Waals surface area (Å²) in [7, 11) is -2.49. The monoisotopic (exact) mass is 462 g/mol. The molecule has 0 aromatic heterocycles. The second-order valence-electron chi connectivity index (χ2n) is 7.76. The van der Waals surface area contributed by atoms with Gasteiger partial charge < -0.3 is 9.64 Å². The molecule has 1 amide bonds. The molecule has 9 heteroatoms. The molecule has 1 heterocycles. The van der Waals surface area contributed by atoms with Crippen LogP contribution in [0.1, 0.15) is 30.1 Å². The molecule has 0 atom stereocenters. The number of likely N-dealkylation sites (tertiary alicyclic amines) is 1. The molecule has 0 saturated carbocycles. The van der Waals surface area contributed by atoms with Gasteiger partial charge in [0.05, 0.1) is 12.0 Å². The van der Waals surface area contributed by atoms with Crippen molar-refractivity contribution >= 4 is 21.7 Å². The average Bonchev–Trinajstić information content (AvgIpc) is 2.79. The third-order valence-corrected chi connectivity index (χ3v) is 7.59. The minimum absolute atomic E-state index is 0.00269. The number of carbonyl (C=O) groups is 2. The number of carbonyl (C=O) groups excluding carboxylic acids is 2. The van der Waals surface area contributed by atoms with Crippen LogP contribution in [0.2, 0.25) is 0 Å². The van der Waals surface area contributed by atoms with E-state index in [-0.39, 0.29) is 29.0 Å². The molecule has 1 fully saturated rings. The van der Waals surface area contributed by atoms with Gasteiger partial charge in [0.15, 0.2) is 5.78 Å². The Labute approximate surface area is 187 Å². The fourth-order valence-electron chi connectivity index (χ4n) is 3.82. The highest BCUT2D eigenvalue weighted by Gasteiger charge is 2.29. The normalized spacial score (nSPS) is 15.3. The van der Waals surface area contributed by atoms with E-state index < -0.39 is 15.9 Å². The van der Waals surface area contributed by atoms with E-state index in [1.165, 1.54) is 62.6 Å². The highest BCUT2D eigenvalue weighted by atomic mass is 32.2.